The second-order valence-electron chi connectivity index (χ2n) is 6.79. The number of rotatable bonds is 6. The van der Waals surface area contributed by atoms with E-state index in [1.807, 2.05) is 18.2 Å². The molecule has 0 bridgehead atoms. The summed E-state index contributed by atoms with van der Waals surface area (Å²) in [6, 6.07) is 15.0. The van der Waals surface area contributed by atoms with Crippen molar-refractivity contribution in [3.8, 4) is 5.75 Å². The summed E-state index contributed by atoms with van der Waals surface area (Å²) in [6.07, 6.45) is 0.604. The van der Waals surface area contributed by atoms with Crippen LogP contribution in [0.3, 0.4) is 0 Å². The van der Waals surface area contributed by atoms with E-state index in [4.69, 9.17) is 4.74 Å². The largest absolute Gasteiger partial charge is 0.477 e. The Morgan fingerprint density at radius 2 is 1.90 bits per heavy atom. The van der Waals surface area contributed by atoms with Crippen LogP contribution in [0.5, 0.6) is 5.75 Å². The van der Waals surface area contributed by atoms with Crippen LogP contribution in [0.25, 0.3) is 0 Å². The average molecular weight is 438 g/mol. The summed E-state index contributed by atoms with van der Waals surface area (Å²) >= 11 is 1.31. The van der Waals surface area contributed by atoms with Crippen molar-refractivity contribution in [1.82, 2.24) is 9.88 Å². The Morgan fingerprint density at radius 1 is 1.16 bits per heavy atom. The molecule has 0 saturated heterocycles. The minimum Gasteiger partial charge on any atom is -0.477 e. The highest BCUT2D eigenvalue weighted by Crippen LogP contribution is 2.29. The summed E-state index contributed by atoms with van der Waals surface area (Å²) in [5.41, 5.74) is 1.29. The molecule has 1 aliphatic heterocycles. The molecule has 1 N–H and O–H groups in total. The molecule has 1 aromatic heterocycles. The zero-order valence-electron chi connectivity index (χ0n) is 16.3. The third-order valence-corrected chi connectivity index (χ3v) is 5.70. The first kappa shape index (κ1) is 20.5. The Kier molecular flexibility index (Phi) is 5.89. The summed E-state index contributed by atoms with van der Waals surface area (Å²) in [5, 5.41) is 14.1. The number of aromatic nitrogens is 1. The molecular formula is C21H18N4O5S. The summed E-state index contributed by atoms with van der Waals surface area (Å²) in [5.74, 6) is -0.485. The number of nitrogens with one attached hydrogen (secondary N) is 1. The van der Waals surface area contributed by atoms with E-state index in [0.29, 0.717) is 30.2 Å². The molecule has 10 heteroatoms. The van der Waals surface area contributed by atoms with Crippen LogP contribution in [-0.4, -0.2) is 39.8 Å². The lowest BCUT2D eigenvalue weighted by Gasteiger charge is -2.26. The number of nitro groups is 1. The van der Waals surface area contributed by atoms with Gasteiger partial charge >= 0.3 is 5.69 Å². The van der Waals surface area contributed by atoms with Crippen molar-refractivity contribution in [2.24, 2.45) is 0 Å². The van der Waals surface area contributed by atoms with Gasteiger partial charge in [0.25, 0.3) is 11.8 Å². The molecule has 0 spiro atoms. The highest BCUT2D eigenvalue weighted by molar-refractivity contribution is 7.15. The van der Waals surface area contributed by atoms with Crippen LogP contribution in [-0.2, 0) is 17.8 Å². The number of benzene rings is 2. The van der Waals surface area contributed by atoms with E-state index in [-0.39, 0.29) is 24.0 Å². The molecule has 9 nitrogen and oxygen atoms in total. The smallest absolute Gasteiger partial charge is 0.310 e. The minimum atomic E-state index is -0.565. The van der Waals surface area contributed by atoms with Crippen LogP contribution in [0, 0.1) is 10.1 Å². The Labute approximate surface area is 181 Å². The molecule has 31 heavy (non-hydrogen) atoms. The van der Waals surface area contributed by atoms with Gasteiger partial charge in [-0.25, -0.2) is 4.98 Å². The highest BCUT2D eigenvalue weighted by atomic mass is 32.1. The van der Waals surface area contributed by atoms with Gasteiger partial charge in [-0.15, -0.1) is 0 Å². The number of anilines is 1. The molecule has 0 saturated carbocycles. The van der Waals surface area contributed by atoms with Crippen molar-refractivity contribution < 1.29 is 19.2 Å². The molecule has 0 unspecified atom stereocenters. The number of amides is 2. The van der Waals surface area contributed by atoms with Gasteiger partial charge in [-0.05, 0) is 18.2 Å². The zero-order chi connectivity index (χ0) is 21.8. The minimum absolute atomic E-state index is 0.0242. The maximum Gasteiger partial charge on any atom is 0.310 e. The molecule has 2 heterocycles. The summed E-state index contributed by atoms with van der Waals surface area (Å²) in [7, 11) is 0. The molecule has 0 radical (unpaired) electrons. The second-order valence-corrected chi connectivity index (χ2v) is 7.88. The van der Waals surface area contributed by atoms with Gasteiger partial charge < -0.3 is 9.64 Å². The molecule has 2 aromatic carbocycles. The van der Waals surface area contributed by atoms with Crippen molar-refractivity contribution in [3.05, 3.63) is 80.8 Å². The third-order valence-electron chi connectivity index (χ3n) is 4.71. The fourth-order valence-corrected chi connectivity index (χ4v) is 4.25. The molecule has 3 aromatic rings. The highest BCUT2D eigenvalue weighted by Gasteiger charge is 2.25. The van der Waals surface area contributed by atoms with Crippen LogP contribution < -0.4 is 10.1 Å². The molecule has 158 valence electrons. The van der Waals surface area contributed by atoms with Gasteiger partial charge in [0.05, 0.1) is 17.2 Å². The van der Waals surface area contributed by atoms with E-state index in [9.17, 15) is 19.7 Å². The normalized spacial score (nSPS) is 12.7. The molecule has 2 amide bonds. The topological polar surface area (TPSA) is 115 Å². The van der Waals surface area contributed by atoms with Crippen molar-refractivity contribution in [2.75, 3.05) is 18.5 Å². The van der Waals surface area contributed by atoms with E-state index >= 15 is 0 Å². The molecule has 0 aliphatic carbocycles. The van der Waals surface area contributed by atoms with Gasteiger partial charge in [0, 0.05) is 29.5 Å². The van der Waals surface area contributed by atoms with Crippen molar-refractivity contribution in [1.29, 1.82) is 0 Å². The Balaban J connectivity index is 1.36. The van der Waals surface area contributed by atoms with Gasteiger partial charge in [0.2, 0.25) is 0 Å². The van der Waals surface area contributed by atoms with Gasteiger partial charge in [0.15, 0.2) is 17.5 Å². The number of carbonyl (C=O) groups is 2. The van der Waals surface area contributed by atoms with Gasteiger partial charge in [-0.3, -0.25) is 25.0 Å². The van der Waals surface area contributed by atoms with Gasteiger partial charge in [0.1, 0.15) is 0 Å². The lowest BCUT2D eigenvalue weighted by Crippen LogP contribution is -2.35. The maximum atomic E-state index is 12.7. The van der Waals surface area contributed by atoms with Crippen LogP contribution in [0.15, 0.2) is 54.6 Å². The van der Waals surface area contributed by atoms with E-state index in [0.717, 1.165) is 10.6 Å². The molecule has 0 atom stereocenters. The summed E-state index contributed by atoms with van der Waals surface area (Å²) in [4.78, 5) is 42.5. The van der Waals surface area contributed by atoms with Crippen molar-refractivity contribution >= 4 is 34.0 Å². The number of fused-ring (bicyclic) bond motifs is 1. The Bertz CT molecular complexity index is 1130. The van der Waals surface area contributed by atoms with Gasteiger partial charge in [-0.1, -0.05) is 41.7 Å². The molecule has 0 fully saturated rings. The van der Waals surface area contributed by atoms with E-state index in [1.54, 1.807) is 23.1 Å². The van der Waals surface area contributed by atoms with E-state index < -0.39 is 10.8 Å². The first-order chi connectivity index (χ1) is 15.0. The van der Waals surface area contributed by atoms with Crippen LogP contribution >= 0.6 is 11.3 Å². The third kappa shape index (κ3) is 4.69. The predicted octanol–water partition coefficient (Wildman–Crippen LogP) is 3.27. The number of nitro benzene ring substituents is 1. The predicted molar refractivity (Wildman–Crippen MR) is 114 cm³/mol. The first-order valence-electron chi connectivity index (χ1n) is 9.50. The molecular weight excluding hydrogens is 420 g/mol. The number of thiazole rings is 1. The standard InChI is InChI=1S/C21H18N4O5S/c26-19(13-30-17-9-5-4-8-16(17)25(28)29)23-21-22-15-10-11-24(12-18(15)31-21)20(27)14-6-2-1-3-7-14/h1-9H,10-13H2,(H,22,23,26). The lowest BCUT2D eigenvalue weighted by molar-refractivity contribution is -0.385. The SMILES string of the molecule is O=C(COc1ccccc1[N+](=O)[O-])Nc1nc2c(s1)CN(C(=O)c1ccccc1)CC2. The zero-order valence-corrected chi connectivity index (χ0v) is 17.1. The number of para-hydroxylation sites is 2. The molecule has 1 aliphatic rings. The number of nitrogens with zero attached hydrogens (tertiary/aromatic N) is 3. The van der Waals surface area contributed by atoms with Crippen molar-refractivity contribution in [2.45, 2.75) is 13.0 Å². The van der Waals surface area contributed by atoms with Crippen molar-refractivity contribution in [3.63, 3.8) is 0 Å². The van der Waals surface area contributed by atoms with Crippen LogP contribution in [0.4, 0.5) is 10.8 Å². The van der Waals surface area contributed by atoms with E-state index in [1.165, 1.54) is 29.5 Å². The Morgan fingerprint density at radius 3 is 2.68 bits per heavy atom. The first-order valence-corrected chi connectivity index (χ1v) is 10.3. The fourth-order valence-electron chi connectivity index (χ4n) is 3.21. The summed E-state index contributed by atoms with van der Waals surface area (Å²) in [6.45, 7) is 0.607. The number of ether oxygens (including phenoxy) is 1. The fraction of sp³-hybridized carbons (Fsp3) is 0.190. The number of hydrogen-bond donors (Lipinski definition) is 1. The number of carbonyl (C=O) groups excluding carboxylic acids is 2. The monoisotopic (exact) mass is 438 g/mol. The van der Waals surface area contributed by atoms with Crippen LogP contribution in [0.2, 0.25) is 0 Å². The average Bonchev–Trinajstić information content (AvgIpc) is 3.19. The van der Waals surface area contributed by atoms with E-state index in [2.05, 4.69) is 10.3 Å². The molecule has 4 rings (SSSR count). The second kappa shape index (κ2) is 8.92. The maximum absolute atomic E-state index is 12.7. The quantitative estimate of drug-likeness (QED) is 0.467. The lowest BCUT2D eigenvalue weighted by atomic mass is 10.1. The Hall–Kier alpha value is -3.79. The number of hydrogen-bond acceptors (Lipinski definition) is 7. The van der Waals surface area contributed by atoms with Gasteiger partial charge in [-0.2, -0.15) is 0 Å². The summed E-state index contributed by atoms with van der Waals surface area (Å²) < 4.78 is 5.30. The van der Waals surface area contributed by atoms with Crippen LogP contribution in [0.1, 0.15) is 20.9 Å².